The highest BCUT2D eigenvalue weighted by atomic mass is 16.1. The molecule has 0 aliphatic carbocycles. The Bertz CT molecular complexity index is 517. The summed E-state index contributed by atoms with van der Waals surface area (Å²) < 4.78 is 0. The molecule has 4 heteroatoms. The van der Waals surface area contributed by atoms with Gasteiger partial charge in [0.25, 0.3) is 0 Å². The monoisotopic (exact) mass is 287 g/mol. The second-order valence-electron chi connectivity index (χ2n) is 6.44. The summed E-state index contributed by atoms with van der Waals surface area (Å²) in [7, 11) is 2.14. The fourth-order valence-electron chi connectivity index (χ4n) is 3.56. The van der Waals surface area contributed by atoms with Crippen LogP contribution in [0.1, 0.15) is 37.7 Å². The van der Waals surface area contributed by atoms with Crippen LogP contribution < -0.4 is 10.6 Å². The Hall–Kier alpha value is -1.55. The van der Waals surface area contributed by atoms with Crippen molar-refractivity contribution < 1.29 is 4.79 Å². The van der Waals surface area contributed by atoms with Crippen LogP contribution in [-0.2, 0) is 4.79 Å². The molecule has 1 fully saturated rings. The molecule has 2 heterocycles. The number of para-hydroxylation sites is 1. The third-order valence-electron chi connectivity index (χ3n) is 4.83. The number of likely N-dealkylation sites (N-methyl/N-ethyl adjacent to an activating group) is 1. The highest BCUT2D eigenvalue weighted by Gasteiger charge is 2.30. The second-order valence-corrected chi connectivity index (χ2v) is 6.44. The van der Waals surface area contributed by atoms with Crippen molar-refractivity contribution in [1.29, 1.82) is 0 Å². The predicted molar refractivity (Wildman–Crippen MR) is 85.5 cm³/mol. The highest BCUT2D eigenvalue weighted by molar-refractivity contribution is 5.86. The number of carbonyl (C=O) groups excluding carboxylic acids is 1. The molecule has 2 N–H and O–H groups in total. The zero-order chi connectivity index (χ0) is 14.8. The Kier molecular flexibility index (Phi) is 4.15. The number of benzene rings is 1. The van der Waals surface area contributed by atoms with Gasteiger partial charge in [-0.1, -0.05) is 18.2 Å². The molecule has 2 aliphatic heterocycles. The lowest BCUT2D eigenvalue weighted by atomic mass is 9.87. The summed E-state index contributed by atoms with van der Waals surface area (Å²) in [6.07, 6.45) is 3.30. The minimum atomic E-state index is -0.0239. The number of amides is 1. The molecular formula is C17H25N3O. The van der Waals surface area contributed by atoms with E-state index in [9.17, 15) is 4.79 Å². The van der Waals surface area contributed by atoms with E-state index in [1.807, 2.05) is 12.1 Å². The maximum atomic E-state index is 12.6. The lowest BCUT2D eigenvalue weighted by Crippen LogP contribution is -2.42. The Balaban J connectivity index is 1.67. The first-order valence-corrected chi connectivity index (χ1v) is 7.98. The van der Waals surface area contributed by atoms with Crippen LogP contribution >= 0.6 is 0 Å². The van der Waals surface area contributed by atoms with E-state index < -0.39 is 0 Å². The summed E-state index contributed by atoms with van der Waals surface area (Å²) in [6.45, 7) is 4.06. The quantitative estimate of drug-likeness (QED) is 0.895. The molecule has 0 aromatic heterocycles. The molecule has 1 amide bonds. The van der Waals surface area contributed by atoms with Crippen molar-refractivity contribution in [2.24, 2.45) is 0 Å². The zero-order valence-electron chi connectivity index (χ0n) is 12.9. The van der Waals surface area contributed by atoms with Crippen molar-refractivity contribution in [2.75, 3.05) is 25.5 Å². The van der Waals surface area contributed by atoms with Crippen LogP contribution in [0.4, 0.5) is 5.69 Å². The van der Waals surface area contributed by atoms with Gasteiger partial charge in [-0.15, -0.1) is 0 Å². The maximum absolute atomic E-state index is 12.6. The lowest BCUT2D eigenvalue weighted by Gasteiger charge is -2.31. The van der Waals surface area contributed by atoms with Crippen molar-refractivity contribution in [2.45, 2.75) is 44.2 Å². The van der Waals surface area contributed by atoms with E-state index >= 15 is 0 Å². The van der Waals surface area contributed by atoms with Crippen LogP contribution in [-0.4, -0.2) is 43.0 Å². The highest BCUT2D eigenvalue weighted by Crippen LogP contribution is 2.34. The van der Waals surface area contributed by atoms with E-state index in [0.29, 0.717) is 12.1 Å². The summed E-state index contributed by atoms with van der Waals surface area (Å²) >= 11 is 0. The number of hydrogen-bond acceptors (Lipinski definition) is 3. The molecule has 4 nitrogen and oxygen atoms in total. The molecule has 114 valence electrons. The molecule has 1 saturated heterocycles. The van der Waals surface area contributed by atoms with Crippen molar-refractivity contribution in [1.82, 2.24) is 10.2 Å². The number of fused-ring (bicyclic) bond motifs is 1. The van der Waals surface area contributed by atoms with Crippen LogP contribution in [0.15, 0.2) is 24.3 Å². The van der Waals surface area contributed by atoms with Crippen molar-refractivity contribution in [3.63, 3.8) is 0 Å². The Labute approximate surface area is 126 Å². The smallest absolute Gasteiger partial charge is 0.227 e. The lowest BCUT2D eigenvalue weighted by molar-refractivity contribution is -0.123. The third kappa shape index (κ3) is 3.05. The molecule has 0 saturated carbocycles. The minimum Gasteiger partial charge on any atom is -0.382 e. The first kappa shape index (κ1) is 14.4. The van der Waals surface area contributed by atoms with Gasteiger partial charge in [-0.05, 0) is 51.4 Å². The standard InChI is InChI=1S/C17H25N3O/c1-12-10-15(14-7-3-4-8-16(14)19-12)17(21)18-11-13-6-5-9-20(13)2/h3-4,7-8,12-13,15,19H,5-6,9-11H2,1-2H3,(H,18,21). The van der Waals surface area contributed by atoms with Gasteiger partial charge in [-0.3, -0.25) is 4.79 Å². The molecule has 2 aliphatic rings. The van der Waals surface area contributed by atoms with E-state index in [-0.39, 0.29) is 11.8 Å². The van der Waals surface area contributed by atoms with E-state index in [1.54, 1.807) is 0 Å². The van der Waals surface area contributed by atoms with Gasteiger partial charge in [0.05, 0.1) is 5.92 Å². The fraction of sp³-hybridized carbons (Fsp3) is 0.588. The number of hydrogen-bond donors (Lipinski definition) is 2. The van der Waals surface area contributed by atoms with E-state index in [1.165, 1.54) is 12.8 Å². The van der Waals surface area contributed by atoms with Gasteiger partial charge < -0.3 is 15.5 Å². The molecule has 1 aromatic carbocycles. The first-order chi connectivity index (χ1) is 10.1. The van der Waals surface area contributed by atoms with Gasteiger partial charge in [-0.25, -0.2) is 0 Å². The molecule has 0 radical (unpaired) electrons. The Morgan fingerprint density at radius 1 is 1.43 bits per heavy atom. The molecule has 0 spiro atoms. The van der Waals surface area contributed by atoms with Crippen LogP contribution in [0.5, 0.6) is 0 Å². The van der Waals surface area contributed by atoms with Crippen LogP contribution in [0.25, 0.3) is 0 Å². The molecule has 3 unspecified atom stereocenters. The van der Waals surface area contributed by atoms with Gasteiger partial charge in [0.15, 0.2) is 0 Å². The number of nitrogens with zero attached hydrogens (tertiary/aromatic N) is 1. The third-order valence-corrected chi connectivity index (χ3v) is 4.83. The minimum absolute atomic E-state index is 0.0239. The topological polar surface area (TPSA) is 44.4 Å². The van der Waals surface area contributed by atoms with Gasteiger partial charge >= 0.3 is 0 Å². The van der Waals surface area contributed by atoms with Crippen molar-refractivity contribution in [3.8, 4) is 0 Å². The summed E-state index contributed by atoms with van der Waals surface area (Å²) in [5.41, 5.74) is 2.24. The van der Waals surface area contributed by atoms with Crippen molar-refractivity contribution in [3.05, 3.63) is 29.8 Å². The molecule has 1 aromatic rings. The average molecular weight is 287 g/mol. The first-order valence-electron chi connectivity index (χ1n) is 7.98. The number of nitrogens with one attached hydrogen (secondary N) is 2. The largest absolute Gasteiger partial charge is 0.382 e. The summed E-state index contributed by atoms with van der Waals surface area (Å²) in [5.74, 6) is 0.153. The molecule has 0 bridgehead atoms. The van der Waals surface area contributed by atoms with Gasteiger partial charge in [0.2, 0.25) is 5.91 Å². The molecular weight excluding hydrogens is 262 g/mol. The average Bonchev–Trinajstić information content (AvgIpc) is 2.89. The van der Waals surface area contributed by atoms with Crippen molar-refractivity contribution >= 4 is 11.6 Å². The second kappa shape index (κ2) is 6.06. The molecule has 3 rings (SSSR count). The van der Waals surface area contributed by atoms with Gasteiger partial charge in [0.1, 0.15) is 0 Å². The number of rotatable bonds is 3. The van der Waals surface area contributed by atoms with Crippen LogP contribution in [0.3, 0.4) is 0 Å². The molecule has 21 heavy (non-hydrogen) atoms. The summed E-state index contributed by atoms with van der Waals surface area (Å²) in [5, 5.41) is 6.64. The van der Waals surface area contributed by atoms with E-state index in [0.717, 1.165) is 30.8 Å². The Morgan fingerprint density at radius 2 is 2.24 bits per heavy atom. The maximum Gasteiger partial charge on any atom is 0.227 e. The van der Waals surface area contributed by atoms with Crippen LogP contribution in [0.2, 0.25) is 0 Å². The number of likely N-dealkylation sites (tertiary alicyclic amines) is 1. The van der Waals surface area contributed by atoms with E-state index in [4.69, 9.17) is 0 Å². The fourth-order valence-corrected chi connectivity index (χ4v) is 3.56. The summed E-state index contributed by atoms with van der Waals surface area (Å²) in [4.78, 5) is 15.0. The SMILES string of the molecule is CC1CC(C(=O)NCC2CCCN2C)c2ccccc2N1. The number of carbonyl (C=O) groups is 1. The zero-order valence-corrected chi connectivity index (χ0v) is 12.9. The van der Waals surface area contributed by atoms with Crippen LogP contribution in [0, 0.1) is 0 Å². The van der Waals surface area contributed by atoms with Gasteiger partial charge in [-0.2, -0.15) is 0 Å². The molecule has 3 atom stereocenters. The van der Waals surface area contributed by atoms with E-state index in [2.05, 4.69) is 41.6 Å². The summed E-state index contributed by atoms with van der Waals surface area (Å²) in [6, 6.07) is 9.01. The predicted octanol–water partition coefficient (Wildman–Crippen LogP) is 2.18. The Morgan fingerprint density at radius 3 is 3.00 bits per heavy atom. The normalized spacial score (nSPS) is 28.8. The van der Waals surface area contributed by atoms with Gasteiger partial charge in [0, 0.05) is 24.3 Å². The number of anilines is 1.